The highest BCUT2D eigenvalue weighted by molar-refractivity contribution is 8.13. The third-order valence-electron chi connectivity index (χ3n) is 3.96. The van der Waals surface area contributed by atoms with Gasteiger partial charge in [0, 0.05) is 41.8 Å². The van der Waals surface area contributed by atoms with Gasteiger partial charge in [-0.15, -0.1) is 0 Å². The lowest BCUT2D eigenvalue weighted by Gasteiger charge is -2.20. The number of hydrazone groups is 1. The molecule has 26 heavy (non-hydrogen) atoms. The molecule has 0 heterocycles. The van der Waals surface area contributed by atoms with Crippen LogP contribution in [0.1, 0.15) is 35.2 Å². The van der Waals surface area contributed by atoms with Crippen molar-refractivity contribution in [1.29, 1.82) is 0 Å². The number of hydrogen-bond acceptors (Lipinski definition) is 7. The van der Waals surface area contributed by atoms with Gasteiger partial charge in [0.05, 0.1) is 5.02 Å². The first-order chi connectivity index (χ1) is 12.3. The van der Waals surface area contributed by atoms with Gasteiger partial charge in [0.25, 0.3) is 0 Å². The second kappa shape index (κ2) is 8.85. The van der Waals surface area contributed by atoms with Gasteiger partial charge in [-0.1, -0.05) is 35.0 Å². The van der Waals surface area contributed by atoms with E-state index >= 15 is 0 Å². The summed E-state index contributed by atoms with van der Waals surface area (Å²) in [6, 6.07) is 2.95. The minimum Gasteiger partial charge on any atom is -0.321 e. The van der Waals surface area contributed by atoms with Crippen LogP contribution in [0, 0.1) is 5.92 Å². The summed E-state index contributed by atoms with van der Waals surface area (Å²) >= 11 is 13.7. The van der Waals surface area contributed by atoms with E-state index in [0.717, 1.165) is 0 Å². The zero-order chi connectivity index (χ0) is 19.4. The largest absolute Gasteiger partial charge is 0.321 e. The molecule has 1 aromatic carbocycles. The maximum atomic E-state index is 12.8. The molecule has 1 fully saturated rings. The average Bonchev–Trinajstić information content (AvgIpc) is 2.57. The molecule has 2 rings (SSSR count). The number of halogens is 2. The van der Waals surface area contributed by atoms with Crippen molar-refractivity contribution in [1.82, 2.24) is 5.01 Å². The molecule has 0 unspecified atom stereocenters. The van der Waals surface area contributed by atoms with E-state index in [2.05, 4.69) is 5.10 Å². The number of ketones is 3. The van der Waals surface area contributed by atoms with Crippen LogP contribution in [-0.2, 0) is 15.3 Å². The summed E-state index contributed by atoms with van der Waals surface area (Å²) in [7, 11) is 1.57. The van der Waals surface area contributed by atoms with Crippen molar-refractivity contribution in [3.05, 3.63) is 33.3 Å². The molecule has 0 aromatic heterocycles. The van der Waals surface area contributed by atoms with Crippen molar-refractivity contribution in [3.63, 3.8) is 0 Å². The van der Waals surface area contributed by atoms with Gasteiger partial charge in [0.1, 0.15) is 5.92 Å². The normalized spacial score (nSPS) is 16.1. The molecule has 0 radical (unpaired) electrons. The van der Waals surface area contributed by atoms with Crippen molar-refractivity contribution in [2.45, 2.75) is 25.0 Å². The van der Waals surface area contributed by atoms with E-state index in [1.54, 1.807) is 7.05 Å². The minimum absolute atomic E-state index is 0.104. The van der Waals surface area contributed by atoms with Crippen molar-refractivity contribution >= 4 is 57.5 Å². The molecule has 7 nitrogen and oxygen atoms in total. The lowest BCUT2D eigenvalue weighted by Crippen LogP contribution is -2.35. The third-order valence-corrected chi connectivity index (χ3v) is 5.83. The molecular formula is C16H18Cl2N4O3S. The Morgan fingerprint density at radius 1 is 1.31 bits per heavy atom. The quantitative estimate of drug-likeness (QED) is 0.193. The Balaban J connectivity index is 2.32. The molecule has 140 valence electrons. The van der Waals surface area contributed by atoms with Crippen LogP contribution in [0.15, 0.2) is 17.2 Å². The molecule has 1 aromatic rings. The van der Waals surface area contributed by atoms with E-state index in [-0.39, 0.29) is 40.7 Å². The summed E-state index contributed by atoms with van der Waals surface area (Å²) in [5, 5.41) is 5.58. The molecule has 0 spiro atoms. The molecule has 1 aliphatic carbocycles. The van der Waals surface area contributed by atoms with E-state index in [4.69, 9.17) is 34.9 Å². The smallest absolute Gasteiger partial charge is 0.196 e. The number of carbonyl (C=O) groups excluding carboxylic acids is 3. The first kappa shape index (κ1) is 20.7. The Hall–Kier alpha value is -1.61. The van der Waals surface area contributed by atoms with Gasteiger partial charge in [-0.05, 0) is 18.6 Å². The summed E-state index contributed by atoms with van der Waals surface area (Å²) in [5.74, 6) is 8.53. The van der Waals surface area contributed by atoms with Gasteiger partial charge in [0.2, 0.25) is 0 Å². The molecule has 0 saturated heterocycles. The molecule has 0 bridgehead atoms. The van der Waals surface area contributed by atoms with Gasteiger partial charge in [-0.25, -0.2) is 5.84 Å². The van der Waals surface area contributed by atoms with Crippen LogP contribution in [0.3, 0.4) is 0 Å². The number of hydrazine groups is 1. The van der Waals surface area contributed by atoms with Gasteiger partial charge in [-0.3, -0.25) is 19.4 Å². The standard InChI is InChI=1S/C16H18Cl2N4O3S/c1-22(20)16(21-19)26-7-9-10(17)6-5-8(14(9)18)15(25)13-11(23)3-2-4-12(13)24/h5-6,13H,2-4,7,19-20H2,1H3/b21-16+. The Morgan fingerprint density at radius 2 is 1.92 bits per heavy atom. The highest BCUT2D eigenvalue weighted by atomic mass is 35.5. The van der Waals surface area contributed by atoms with Gasteiger partial charge in [0.15, 0.2) is 22.5 Å². The highest BCUT2D eigenvalue weighted by Crippen LogP contribution is 2.34. The molecule has 1 saturated carbocycles. The second-order valence-corrected chi connectivity index (χ2v) is 7.51. The lowest BCUT2D eigenvalue weighted by atomic mass is 9.81. The lowest BCUT2D eigenvalue weighted by molar-refractivity contribution is -0.133. The van der Waals surface area contributed by atoms with E-state index in [1.807, 2.05) is 0 Å². The predicted molar refractivity (Wildman–Crippen MR) is 103 cm³/mol. The number of thioether (sulfide) groups is 1. The van der Waals surface area contributed by atoms with E-state index in [1.165, 1.54) is 28.9 Å². The minimum atomic E-state index is -1.28. The Labute approximate surface area is 165 Å². The van der Waals surface area contributed by atoms with Gasteiger partial charge >= 0.3 is 0 Å². The molecule has 0 amide bonds. The Kier molecular flexibility index (Phi) is 7.05. The topological polar surface area (TPSA) is 119 Å². The van der Waals surface area contributed by atoms with Crippen LogP contribution in [-0.4, -0.2) is 34.6 Å². The molecular weight excluding hydrogens is 399 g/mol. The monoisotopic (exact) mass is 416 g/mol. The van der Waals surface area contributed by atoms with Crippen molar-refractivity contribution in [2.24, 2.45) is 22.7 Å². The van der Waals surface area contributed by atoms with Gasteiger partial charge in [-0.2, -0.15) is 5.10 Å². The number of nitrogens with zero attached hydrogens (tertiary/aromatic N) is 2. The van der Waals surface area contributed by atoms with Gasteiger partial charge < -0.3 is 5.84 Å². The molecule has 1 aliphatic rings. The van der Waals surface area contributed by atoms with E-state index in [9.17, 15) is 14.4 Å². The fraction of sp³-hybridized carbons (Fsp3) is 0.375. The third kappa shape index (κ3) is 4.37. The number of benzene rings is 1. The summed E-state index contributed by atoms with van der Waals surface area (Å²) < 4.78 is 0. The van der Waals surface area contributed by atoms with E-state index < -0.39 is 11.7 Å². The average molecular weight is 417 g/mol. The zero-order valence-corrected chi connectivity index (χ0v) is 16.3. The fourth-order valence-corrected chi connectivity index (χ4v) is 4.25. The maximum absolute atomic E-state index is 12.8. The Morgan fingerprint density at radius 3 is 2.46 bits per heavy atom. The summed E-state index contributed by atoms with van der Waals surface area (Å²) in [4.78, 5) is 36.9. The first-order valence-corrected chi connectivity index (χ1v) is 9.47. The molecule has 4 N–H and O–H groups in total. The number of amidine groups is 1. The first-order valence-electron chi connectivity index (χ1n) is 7.73. The zero-order valence-electron chi connectivity index (χ0n) is 14.0. The fourth-order valence-electron chi connectivity index (χ4n) is 2.64. The number of carbonyl (C=O) groups is 3. The van der Waals surface area contributed by atoms with Crippen LogP contribution in [0.25, 0.3) is 0 Å². The second-order valence-electron chi connectivity index (χ2n) is 5.78. The summed E-state index contributed by atoms with van der Waals surface area (Å²) in [5.41, 5.74) is 0.579. The van der Waals surface area contributed by atoms with Crippen molar-refractivity contribution < 1.29 is 14.4 Å². The molecule has 10 heteroatoms. The van der Waals surface area contributed by atoms with Crippen LogP contribution in [0.2, 0.25) is 10.0 Å². The molecule has 0 atom stereocenters. The summed E-state index contributed by atoms with van der Waals surface area (Å²) in [6.07, 6.45) is 0.913. The Bertz CT molecular complexity index is 767. The van der Waals surface area contributed by atoms with Crippen LogP contribution in [0.4, 0.5) is 0 Å². The van der Waals surface area contributed by atoms with Crippen LogP contribution < -0.4 is 11.7 Å². The number of Topliss-reactive ketones (excluding diaryl/α,β-unsaturated/α-hetero) is 3. The SMILES string of the molecule is CN(N)/C(=N\N)SCc1c(Cl)ccc(C(=O)C2C(=O)CCCC2=O)c1Cl. The highest BCUT2D eigenvalue weighted by Gasteiger charge is 2.37. The van der Waals surface area contributed by atoms with Crippen molar-refractivity contribution in [2.75, 3.05) is 7.05 Å². The number of nitrogens with two attached hydrogens (primary N) is 2. The van der Waals surface area contributed by atoms with Crippen LogP contribution >= 0.6 is 35.0 Å². The number of hydrogen-bond donors (Lipinski definition) is 2. The van der Waals surface area contributed by atoms with Crippen molar-refractivity contribution in [3.8, 4) is 0 Å². The van der Waals surface area contributed by atoms with E-state index in [0.29, 0.717) is 22.2 Å². The maximum Gasteiger partial charge on any atom is 0.196 e. The number of rotatable bonds is 4. The predicted octanol–water partition coefficient (Wildman–Crippen LogP) is 2.38. The summed E-state index contributed by atoms with van der Waals surface area (Å²) in [6.45, 7) is 0. The molecule has 0 aliphatic heterocycles. The van der Waals surface area contributed by atoms with Crippen LogP contribution in [0.5, 0.6) is 0 Å².